The lowest BCUT2D eigenvalue weighted by Crippen LogP contribution is -2.31. The molecule has 0 radical (unpaired) electrons. The fourth-order valence-corrected chi connectivity index (χ4v) is 2.00. The van der Waals surface area contributed by atoms with E-state index in [2.05, 4.69) is 0 Å². The highest BCUT2D eigenvalue weighted by Gasteiger charge is 2.20. The van der Waals surface area contributed by atoms with E-state index in [1.54, 1.807) is 6.92 Å². The van der Waals surface area contributed by atoms with Gasteiger partial charge in [0.15, 0.2) is 17.7 Å². The summed E-state index contributed by atoms with van der Waals surface area (Å²) in [4.78, 5) is 11.8. The molecule has 4 nitrogen and oxygen atoms in total. The number of carbonyl (C=O) groups is 1. The molecule has 0 N–H and O–H groups in total. The van der Waals surface area contributed by atoms with Crippen molar-refractivity contribution in [3.8, 4) is 5.75 Å². The second kappa shape index (κ2) is 7.47. The predicted octanol–water partition coefficient (Wildman–Crippen LogP) is 2.84. The summed E-state index contributed by atoms with van der Waals surface area (Å²) >= 11 is 0. The Kier molecular flexibility index (Phi) is 5.64. The van der Waals surface area contributed by atoms with Gasteiger partial charge >= 0.3 is 5.97 Å². The zero-order valence-electron chi connectivity index (χ0n) is 11.8. The second-order valence-corrected chi connectivity index (χ2v) is 4.96. The van der Waals surface area contributed by atoms with Gasteiger partial charge in [-0.2, -0.15) is 0 Å². The minimum atomic E-state index is -1.07. The Bertz CT molecular complexity index is 487. The maximum absolute atomic E-state index is 13.0. The molecule has 0 aromatic heterocycles. The van der Waals surface area contributed by atoms with E-state index in [0.717, 1.165) is 31.4 Å². The minimum Gasteiger partial charge on any atom is -0.425 e. The topological polar surface area (TPSA) is 44.8 Å². The van der Waals surface area contributed by atoms with Crippen LogP contribution in [0.2, 0.25) is 0 Å². The Labute approximate surface area is 122 Å². The SMILES string of the molecule is CC(OCC1CCCCO1)C(=O)Oc1ccc(F)c(F)c1. The van der Waals surface area contributed by atoms with E-state index < -0.39 is 23.7 Å². The van der Waals surface area contributed by atoms with Crippen molar-refractivity contribution in [3.63, 3.8) is 0 Å². The molecule has 1 aliphatic heterocycles. The van der Waals surface area contributed by atoms with Gasteiger partial charge in [0.2, 0.25) is 0 Å². The highest BCUT2D eigenvalue weighted by molar-refractivity contribution is 5.76. The first-order valence-corrected chi connectivity index (χ1v) is 6.96. The molecule has 2 rings (SSSR count). The van der Waals surface area contributed by atoms with E-state index in [0.29, 0.717) is 13.2 Å². The molecule has 0 saturated carbocycles. The van der Waals surface area contributed by atoms with Gasteiger partial charge in [-0.1, -0.05) is 0 Å². The molecule has 6 heteroatoms. The van der Waals surface area contributed by atoms with E-state index in [9.17, 15) is 13.6 Å². The summed E-state index contributed by atoms with van der Waals surface area (Å²) < 4.78 is 41.6. The highest BCUT2D eigenvalue weighted by Crippen LogP contribution is 2.17. The summed E-state index contributed by atoms with van der Waals surface area (Å²) in [6.45, 7) is 2.57. The molecule has 1 fully saturated rings. The van der Waals surface area contributed by atoms with Crippen LogP contribution in [-0.2, 0) is 14.3 Å². The fraction of sp³-hybridized carbons (Fsp3) is 0.533. The number of ether oxygens (including phenoxy) is 3. The largest absolute Gasteiger partial charge is 0.425 e. The van der Waals surface area contributed by atoms with Gasteiger partial charge in [0.1, 0.15) is 5.75 Å². The first-order chi connectivity index (χ1) is 10.1. The molecule has 1 saturated heterocycles. The average molecular weight is 300 g/mol. The van der Waals surface area contributed by atoms with Crippen molar-refractivity contribution in [2.45, 2.75) is 38.4 Å². The molecule has 0 amide bonds. The van der Waals surface area contributed by atoms with Crippen LogP contribution < -0.4 is 4.74 Å². The van der Waals surface area contributed by atoms with Gasteiger partial charge in [-0.15, -0.1) is 0 Å². The molecule has 0 spiro atoms. The third-order valence-corrected chi connectivity index (χ3v) is 3.25. The van der Waals surface area contributed by atoms with Crippen molar-refractivity contribution in [3.05, 3.63) is 29.8 Å². The maximum atomic E-state index is 13.0. The molecule has 1 aliphatic rings. The molecule has 1 aromatic carbocycles. The van der Waals surface area contributed by atoms with Crippen LogP contribution in [0.4, 0.5) is 8.78 Å². The van der Waals surface area contributed by atoms with Crippen LogP contribution >= 0.6 is 0 Å². The number of rotatable bonds is 5. The standard InChI is InChI=1S/C15H18F2O4/c1-10(20-9-12-4-2-3-7-19-12)15(18)21-11-5-6-13(16)14(17)8-11/h5-6,8,10,12H,2-4,7,9H2,1H3. The number of halogens is 2. The zero-order chi connectivity index (χ0) is 15.2. The van der Waals surface area contributed by atoms with Crippen LogP contribution in [0.1, 0.15) is 26.2 Å². The van der Waals surface area contributed by atoms with Crippen LogP contribution in [0.5, 0.6) is 5.75 Å². The van der Waals surface area contributed by atoms with Crippen molar-refractivity contribution in [2.24, 2.45) is 0 Å². The predicted molar refractivity (Wildman–Crippen MR) is 71.0 cm³/mol. The molecule has 2 atom stereocenters. The smallest absolute Gasteiger partial charge is 0.340 e. The maximum Gasteiger partial charge on any atom is 0.340 e. The molecular formula is C15H18F2O4. The Balaban J connectivity index is 1.80. The van der Waals surface area contributed by atoms with Gasteiger partial charge in [-0.25, -0.2) is 13.6 Å². The highest BCUT2D eigenvalue weighted by atomic mass is 19.2. The fourth-order valence-electron chi connectivity index (χ4n) is 2.00. The van der Waals surface area contributed by atoms with Crippen LogP contribution in [0.25, 0.3) is 0 Å². The summed E-state index contributed by atoms with van der Waals surface area (Å²) in [6, 6.07) is 2.91. The van der Waals surface area contributed by atoms with Crippen LogP contribution in [0.3, 0.4) is 0 Å². The number of hydrogen-bond acceptors (Lipinski definition) is 4. The van der Waals surface area contributed by atoms with Crippen LogP contribution in [0, 0.1) is 11.6 Å². The van der Waals surface area contributed by atoms with E-state index >= 15 is 0 Å². The molecule has 116 valence electrons. The van der Waals surface area contributed by atoms with E-state index in [1.165, 1.54) is 6.07 Å². The minimum absolute atomic E-state index is 0.00253. The Morgan fingerprint density at radius 1 is 1.38 bits per heavy atom. The van der Waals surface area contributed by atoms with Crippen molar-refractivity contribution in [1.29, 1.82) is 0 Å². The molecular weight excluding hydrogens is 282 g/mol. The number of benzene rings is 1. The summed E-state index contributed by atoms with van der Waals surface area (Å²) in [7, 11) is 0. The zero-order valence-corrected chi connectivity index (χ0v) is 11.8. The number of hydrogen-bond donors (Lipinski definition) is 0. The summed E-state index contributed by atoms with van der Waals surface area (Å²) in [5.74, 6) is -2.77. The number of esters is 1. The van der Waals surface area contributed by atoms with Gasteiger partial charge in [0.25, 0.3) is 0 Å². The second-order valence-electron chi connectivity index (χ2n) is 4.96. The van der Waals surface area contributed by atoms with E-state index in [-0.39, 0.29) is 11.9 Å². The Hall–Kier alpha value is -1.53. The average Bonchev–Trinajstić information content (AvgIpc) is 2.49. The lowest BCUT2D eigenvalue weighted by atomic mass is 10.1. The van der Waals surface area contributed by atoms with E-state index in [1.807, 2.05) is 0 Å². The van der Waals surface area contributed by atoms with Gasteiger partial charge in [-0.05, 0) is 38.3 Å². The quantitative estimate of drug-likeness (QED) is 0.619. The molecule has 21 heavy (non-hydrogen) atoms. The monoisotopic (exact) mass is 300 g/mol. The first-order valence-electron chi connectivity index (χ1n) is 6.96. The summed E-state index contributed by atoms with van der Waals surface area (Å²) in [5.41, 5.74) is 0. The normalized spacial score (nSPS) is 20.0. The van der Waals surface area contributed by atoms with Crippen LogP contribution in [0.15, 0.2) is 18.2 Å². The first kappa shape index (κ1) is 15.9. The third-order valence-electron chi connectivity index (χ3n) is 3.25. The molecule has 0 bridgehead atoms. The summed E-state index contributed by atoms with van der Waals surface area (Å²) in [5, 5.41) is 0. The molecule has 1 aromatic rings. The molecule has 1 heterocycles. The lowest BCUT2D eigenvalue weighted by molar-refractivity contribution is -0.149. The van der Waals surface area contributed by atoms with Crippen molar-refractivity contribution in [1.82, 2.24) is 0 Å². The lowest BCUT2D eigenvalue weighted by Gasteiger charge is -2.23. The van der Waals surface area contributed by atoms with Crippen LogP contribution in [-0.4, -0.2) is 31.4 Å². The van der Waals surface area contributed by atoms with Crippen molar-refractivity contribution in [2.75, 3.05) is 13.2 Å². The molecule has 2 unspecified atom stereocenters. The summed E-state index contributed by atoms with van der Waals surface area (Å²) in [6.07, 6.45) is 2.23. The molecule has 0 aliphatic carbocycles. The van der Waals surface area contributed by atoms with Gasteiger partial charge in [-0.3, -0.25) is 0 Å². The Morgan fingerprint density at radius 3 is 2.86 bits per heavy atom. The number of carbonyl (C=O) groups excluding carboxylic acids is 1. The van der Waals surface area contributed by atoms with Gasteiger partial charge in [0.05, 0.1) is 12.7 Å². The van der Waals surface area contributed by atoms with Crippen molar-refractivity contribution >= 4 is 5.97 Å². The van der Waals surface area contributed by atoms with E-state index in [4.69, 9.17) is 14.2 Å². The Morgan fingerprint density at radius 2 is 2.19 bits per heavy atom. The van der Waals surface area contributed by atoms with Gasteiger partial charge in [0, 0.05) is 12.7 Å². The van der Waals surface area contributed by atoms with Gasteiger partial charge < -0.3 is 14.2 Å². The van der Waals surface area contributed by atoms with Crippen molar-refractivity contribution < 1.29 is 27.8 Å². The third kappa shape index (κ3) is 4.75.